The van der Waals surface area contributed by atoms with Gasteiger partial charge in [-0.25, -0.2) is 0 Å². The summed E-state index contributed by atoms with van der Waals surface area (Å²) in [7, 11) is -4.58. The molecule has 3 aromatic rings. The molecule has 29 heavy (non-hydrogen) atoms. The zero-order chi connectivity index (χ0) is 21.3. The van der Waals surface area contributed by atoms with E-state index < -0.39 is 26.5 Å². The summed E-state index contributed by atoms with van der Waals surface area (Å²) < 4.78 is 33.2. The highest BCUT2D eigenvalue weighted by molar-refractivity contribution is 7.86. The van der Waals surface area contributed by atoms with Crippen LogP contribution in [0.1, 0.15) is 10.4 Å². The van der Waals surface area contributed by atoms with Crippen LogP contribution in [0.15, 0.2) is 58.2 Å². The molecule has 1 amide bonds. The summed E-state index contributed by atoms with van der Waals surface area (Å²) in [5, 5.41) is 6.14. The van der Waals surface area contributed by atoms with Gasteiger partial charge in [0.15, 0.2) is 5.15 Å². The van der Waals surface area contributed by atoms with Crippen molar-refractivity contribution in [3.63, 3.8) is 0 Å². The Morgan fingerprint density at radius 1 is 1.10 bits per heavy atom. The lowest BCUT2D eigenvalue weighted by atomic mass is 10.2. The zero-order valence-electron chi connectivity index (χ0n) is 14.3. The molecule has 0 aliphatic carbocycles. The van der Waals surface area contributed by atoms with Crippen molar-refractivity contribution in [3.05, 3.63) is 74.6 Å². The highest BCUT2D eigenvalue weighted by atomic mass is 35.5. The minimum Gasteiger partial charge on any atom is -0.399 e. The van der Waals surface area contributed by atoms with Crippen molar-refractivity contribution in [2.75, 3.05) is 11.1 Å². The second kappa shape index (κ2) is 7.84. The Morgan fingerprint density at radius 3 is 2.38 bits per heavy atom. The van der Waals surface area contributed by atoms with Crippen LogP contribution in [-0.2, 0) is 10.1 Å². The molecule has 9 nitrogen and oxygen atoms in total. The predicted molar refractivity (Wildman–Crippen MR) is 108 cm³/mol. The number of rotatable bonds is 4. The number of carbonyl (C=O) groups excluding carboxylic acids is 1. The molecular weight excluding hydrogens is 443 g/mol. The average Bonchev–Trinajstić information content (AvgIpc) is 2.64. The third-order valence-corrected chi connectivity index (χ3v) is 5.11. The Balaban J connectivity index is 1.92. The van der Waals surface area contributed by atoms with Crippen LogP contribution in [0.3, 0.4) is 0 Å². The summed E-state index contributed by atoms with van der Waals surface area (Å²) in [6.45, 7) is 0. The number of hydrogen-bond acceptors (Lipinski definition) is 6. The van der Waals surface area contributed by atoms with Gasteiger partial charge >= 0.3 is 0 Å². The zero-order valence-corrected chi connectivity index (χ0v) is 16.7. The number of halogens is 2. The number of aromatic nitrogens is 2. The number of amides is 1. The molecule has 0 saturated heterocycles. The number of nitrogens with two attached hydrogens (primary N) is 1. The Bertz CT molecular complexity index is 1270. The quantitative estimate of drug-likeness (QED) is 0.405. The molecule has 150 valence electrons. The number of nitrogens with zero attached hydrogens (tertiary/aromatic N) is 2. The fraction of sp³-hybridized carbons (Fsp3) is 0. The molecule has 0 fully saturated rings. The number of nitrogen functional groups attached to an aromatic ring is 1. The van der Waals surface area contributed by atoms with E-state index in [0.717, 1.165) is 10.7 Å². The fourth-order valence-electron chi connectivity index (χ4n) is 2.43. The molecule has 0 aliphatic rings. The van der Waals surface area contributed by atoms with Crippen LogP contribution < -0.4 is 16.6 Å². The standard InChI is InChI=1S/C17H12Cl2N4O5S/c18-12-8-15(19)22-23(17(12)25)11-4-1-9(2-5-11)16(24)21-13-7-10(20)3-6-14(13)29(26,27)28/h1-8H,20H2,(H,21,24)(H,26,27,28). The van der Waals surface area contributed by atoms with Crippen LogP contribution >= 0.6 is 23.2 Å². The summed E-state index contributed by atoms with van der Waals surface area (Å²) in [4.78, 5) is 24.1. The number of carbonyl (C=O) groups is 1. The van der Waals surface area contributed by atoms with Crippen molar-refractivity contribution >= 4 is 50.6 Å². The second-order valence-corrected chi connectivity index (χ2v) is 7.95. The molecule has 0 saturated carbocycles. The van der Waals surface area contributed by atoms with E-state index in [9.17, 15) is 22.6 Å². The van der Waals surface area contributed by atoms with Crippen LogP contribution in [0.2, 0.25) is 10.2 Å². The van der Waals surface area contributed by atoms with Crippen LogP contribution in [0.4, 0.5) is 11.4 Å². The lowest BCUT2D eigenvalue weighted by Crippen LogP contribution is -2.21. The summed E-state index contributed by atoms with van der Waals surface area (Å²) in [6, 6.07) is 10.4. The molecule has 12 heteroatoms. The van der Waals surface area contributed by atoms with Gasteiger partial charge in [0.25, 0.3) is 21.6 Å². The number of benzene rings is 2. The first-order valence-electron chi connectivity index (χ1n) is 7.80. The predicted octanol–water partition coefficient (Wildman–Crippen LogP) is 2.62. The number of nitrogens with one attached hydrogen (secondary N) is 1. The topological polar surface area (TPSA) is 144 Å². The molecule has 0 spiro atoms. The van der Waals surface area contributed by atoms with Crippen LogP contribution in [0.5, 0.6) is 0 Å². The first-order chi connectivity index (χ1) is 13.6. The summed E-state index contributed by atoms with van der Waals surface area (Å²) >= 11 is 11.6. The van der Waals surface area contributed by atoms with Crippen molar-refractivity contribution in [1.82, 2.24) is 9.78 Å². The van der Waals surface area contributed by atoms with E-state index in [0.29, 0.717) is 5.69 Å². The molecule has 3 rings (SSSR count). The Hall–Kier alpha value is -2.92. The first-order valence-corrected chi connectivity index (χ1v) is 10.00. The van der Waals surface area contributed by atoms with Crippen LogP contribution in [-0.4, -0.2) is 28.7 Å². The highest BCUT2D eigenvalue weighted by Crippen LogP contribution is 2.24. The lowest BCUT2D eigenvalue weighted by Gasteiger charge is -2.11. The van der Waals surface area contributed by atoms with Gasteiger partial charge in [-0.3, -0.25) is 14.1 Å². The van der Waals surface area contributed by atoms with Gasteiger partial charge in [-0.2, -0.15) is 18.2 Å². The Labute approximate surface area is 174 Å². The minimum absolute atomic E-state index is 0.0100. The third kappa shape index (κ3) is 4.57. The van der Waals surface area contributed by atoms with E-state index in [1.165, 1.54) is 42.5 Å². The van der Waals surface area contributed by atoms with Crippen LogP contribution in [0.25, 0.3) is 5.69 Å². The maximum atomic E-state index is 12.5. The van der Waals surface area contributed by atoms with Gasteiger partial charge in [0.1, 0.15) is 9.92 Å². The van der Waals surface area contributed by atoms with Gasteiger partial charge in [-0.1, -0.05) is 23.2 Å². The molecule has 0 aliphatic heterocycles. The van der Waals surface area contributed by atoms with Crippen molar-refractivity contribution < 1.29 is 17.8 Å². The van der Waals surface area contributed by atoms with Gasteiger partial charge < -0.3 is 11.1 Å². The maximum absolute atomic E-state index is 12.5. The summed E-state index contributed by atoms with van der Waals surface area (Å²) in [5.74, 6) is -0.670. The summed E-state index contributed by atoms with van der Waals surface area (Å²) in [5.41, 5.74) is 5.48. The van der Waals surface area contributed by atoms with E-state index in [4.69, 9.17) is 28.9 Å². The third-order valence-electron chi connectivity index (χ3n) is 3.74. The highest BCUT2D eigenvalue weighted by Gasteiger charge is 2.18. The molecular formula is C17H12Cl2N4O5S. The van der Waals surface area contributed by atoms with Gasteiger partial charge in [-0.05, 0) is 42.5 Å². The molecule has 0 atom stereocenters. The van der Waals surface area contributed by atoms with Crippen molar-refractivity contribution in [2.45, 2.75) is 4.90 Å². The monoisotopic (exact) mass is 454 g/mol. The largest absolute Gasteiger partial charge is 0.399 e. The van der Waals surface area contributed by atoms with Crippen molar-refractivity contribution in [3.8, 4) is 5.69 Å². The van der Waals surface area contributed by atoms with E-state index >= 15 is 0 Å². The first kappa shape index (κ1) is 20.8. The van der Waals surface area contributed by atoms with E-state index in [-0.39, 0.29) is 27.1 Å². The van der Waals surface area contributed by atoms with E-state index in [1.807, 2.05) is 0 Å². The normalized spacial score (nSPS) is 11.3. The fourth-order valence-corrected chi connectivity index (χ4v) is 3.48. The molecule has 2 aromatic carbocycles. The molecule has 4 N–H and O–H groups in total. The Morgan fingerprint density at radius 2 is 1.76 bits per heavy atom. The SMILES string of the molecule is Nc1ccc(S(=O)(=O)O)c(NC(=O)c2ccc(-n3nc(Cl)cc(Cl)c3=O)cc2)c1. The second-order valence-electron chi connectivity index (χ2n) is 5.76. The molecule has 1 heterocycles. The van der Waals surface area contributed by atoms with Gasteiger partial charge in [0.05, 0.1) is 11.4 Å². The van der Waals surface area contributed by atoms with Gasteiger partial charge in [-0.15, -0.1) is 0 Å². The molecule has 1 aromatic heterocycles. The number of hydrogen-bond donors (Lipinski definition) is 3. The van der Waals surface area contributed by atoms with E-state index in [2.05, 4.69) is 10.4 Å². The lowest BCUT2D eigenvalue weighted by molar-refractivity contribution is 0.102. The number of anilines is 2. The molecule has 0 radical (unpaired) electrons. The van der Waals surface area contributed by atoms with Crippen molar-refractivity contribution in [2.24, 2.45) is 0 Å². The molecule has 0 bridgehead atoms. The van der Waals surface area contributed by atoms with Gasteiger partial charge in [0.2, 0.25) is 0 Å². The van der Waals surface area contributed by atoms with E-state index in [1.54, 1.807) is 0 Å². The maximum Gasteiger partial charge on any atom is 0.296 e. The molecule has 0 unspecified atom stereocenters. The van der Waals surface area contributed by atoms with Crippen molar-refractivity contribution in [1.29, 1.82) is 0 Å². The summed E-state index contributed by atoms with van der Waals surface area (Å²) in [6.07, 6.45) is 0. The average molecular weight is 455 g/mol. The minimum atomic E-state index is -4.58. The Kier molecular flexibility index (Phi) is 5.62. The van der Waals surface area contributed by atoms with Crippen LogP contribution in [0, 0.1) is 0 Å². The van der Waals surface area contributed by atoms with Gasteiger partial charge in [0, 0.05) is 17.3 Å². The smallest absolute Gasteiger partial charge is 0.296 e.